The highest BCUT2D eigenvalue weighted by molar-refractivity contribution is 6.04. The Morgan fingerprint density at radius 1 is 1.14 bits per heavy atom. The minimum absolute atomic E-state index is 0.0926. The Hall–Kier alpha value is -3.40. The van der Waals surface area contributed by atoms with E-state index in [9.17, 15) is 9.59 Å². The molecular formula is C25H30BN7O2. The number of amides is 2. The Morgan fingerprint density at radius 3 is 2.69 bits per heavy atom. The number of rotatable bonds is 5. The highest BCUT2D eigenvalue weighted by atomic mass is 16.2. The number of aryl methyl sites for hydroxylation is 2. The molecule has 180 valence electrons. The van der Waals surface area contributed by atoms with Gasteiger partial charge in [0.25, 0.3) is 5.91 Å². The van der Waals surface area contributed by atoms with Crippen LogP contribution in [-0.2, 0) is 4.79 Å². The summed E-state index contributed by atoms with van der Waals surface area (Å²) in [5.41, 5.74) is 4.65. The number of piperidine rings is 1. The molecule has 0 aliphatic carbocycles. The lowest BCUT2D eigenvalue weighted by molar-refractivity contribution is -0.114. The summed E-state index contributed by atoms with van der Waals surface area (Å²) in [6.07, 6.45) is 4.78. The summed E-state index contributed by atoms with van der Waals surface area (Å²) in [5.74, 6) is 0.642. The van der Waals surface area contributed by atoms with Crippen LogP contribution in [0.3, 0.4) is 0 Å². The van der Waals surface area contributed by atoms with Gasteiger partial charge >= 0.3 is 0 Å². The number of nitrogens with zero attached hydrogens (tertiary/aromatic N) is 5. The molecule has 1 aromatic carbocycles. The van der Waals surface area contributed by atoms with Gasteiger partial charge in [0.2, 0.25) is 5.91 Å². The van der Waals surface area contributed by atoms with Gasteiger partial charge in [-0.05, 0) is 45.2 Å². The second-order valence-electron chi connectivity index (χ2n) is 9.63. The van der Waals surface area contributed by atoms with E-state index in [4.69, 9.17) is 18.1 Å². The summed E-state index contributed by atoms with van der Waals surface area (Å²) >= 11 is 0. The zero-order valence-corrected chi connectivity index (χ0v) is 20.4. The predicted octanol–water partition coefficient (Wildman–Crippen LogP) is 2.53. The first kappa shape index (κ1) is 23.4. The highest BCUT2D eigenvalue weighted by Gasteiger charge is 2.32. The third-order valence-corrected chi connectivity index (χ3v) is 6.86. The molecule has 0 spiro atoms. The van der Waals surface area contributed by atoms with Crippen LogP contribution >= 0.6 is 0 Å². The lowest BCUT2D eigenvalue weighted by Crippen LogP contribution is -2.58. The van der Waals surface area contributed by atoms with Crippen molar-refractivity contribution in [1.29, 1.82) is 0 Å². The molecule has 4 heterocycles. The van der Waals surface area contributed by atoms with Crippen molar-refractivity contribution in [3.63, 3.8) is 0 Å². The van der Waals surface area contributed by atoms with Crippen molar-refractivity contribution in [1.82, 2.24) is 24.7 Å². The summed E-state index contributed by atoms with van der Waals surface area (Å²) in [4.78, 5) is 34.5. The molecule has 0 bridgehead atoms. The second kappa shape index (κ2) is 9.33. The zero-order chi connectivity index (χ0) is 24.7. The summed E-state index contributed by atoms with van der Waals surface area (Å²) in [6, 6.07) is 7.65. The molecule has 10 heteroatoms. The molecule has 2 saturated heterocycles. The van der Waals surface area contributed by atoms with Crippen LogP contribution < -0.4 is 15.4 Å². The molecule has 5 rings (SSSR count). The average Bonchev–Trinajstić information content (AvgIpc) is 3.21. The molecule has 2 aliphatic heterocycles. The Morgan fingerprint density at radius 2 is 1.94 bits per heavy atom. The maximum atomic E-state index is 13.8. The van der Waals surface area contributed by atoms with Gasteiger partial charge < -0.3 is 20.3 Å². The first-order valence-electron chi connectivity index (χ1n) is 12.1. The first-order chi connectivity index (χ1) is 16.8. The molecule has 3 aromatic rings. The third kappa shape index (κ3) is 4.50. The van der Waals surface area contributed by atoms with Crippen molar-refractivity contribution >= 4 is 36.9 Å². The normalized spacial score (nSPS) is 18.5. The number of hydrogen-bond donors (Lipinski definition) is 2. The zero-order valence-electron chi connectivity index (χ0n) is 20.4. The largest absolute Gasteiger partial charge is 0.361 e. The Balaban J connectivity index is 1.46. The van der Waals surface area contributed by atoms with Crippen LogP contribution in [0.5, 0.6) is 0 Å². The summed E-state index contributed by atoms with van der Waals surface area (Å²) in [5, 5.41) is 10.4. The minimum Gasteiger partial charge on any atom is -0.361 e. The molecule has 2 N–H and O–H groups in total. The first-order valence-corrected chi connectivity index (χ1v) is 12.1. The van der Waals surface area contributed by atoms with E-state index in [0.717, 1.165) is 60.6 Å². The van der Waals surface area contributed by atoms with E-state index >= 15 is 0 Å². The third-order valence-electron chi connectivity index (χ3n) is 6.86. The van der Waals surface area contributed by atoms with Crippen LogP contribution in [0.4, 0.5) is 11.5 Å². The number of nitrogens with one attached hydrogen (secondary N) is 2. The predicted molar refractivity (Wildman–Crippen MR) is 136 cm³/mol. The van der Waals surface area contributed by atoms with Crippen molar-refractivity contribution in [2.45, 2.75) is 52.1 Å². The molecule has 0 saturated carbocycles. The monoisotopic (exact) mass is 471 g/mol. The van der Waals surface area contributed by atoms with Gasteiger partial charge in [-0.25, -0.2) is 9.50 Å². The van der Waals surface area contributed by atoms with Crippen LogP contribution in [-0.4, -0.2) is 65.0 Å². The van der Waals surface area contributed by atoms with Crippen molar-refractivity contribution < 1.29 is 9.59 Å². The van der Waals surface area contributed by atoms with Crippen molar-refractivity contribution in [3.05, 3.63) is 52.8 Å². The van der Waals surface area contributed by atoms with Crippen LogP contribution in [0, 0.1) is 13.8 Å². The van der Waals surface area contributed by atoms with Gasteiger partial charge in [-0.3, -0.25) is 9.59 Å². The summed E-state index contributed by atoms with van der Waals surface area (Å²) in [7, 11) is 5.55. The number of aromatic nitrogens is 3. The van der Waals surface area contributed by atoms with Gasteiger partial charge in [0.05, 0.1) is 23.0 Å². The topological polar surface area (TPSA) is 94.9 Å². The molecule has 0 unspecified atom stereocenters. The Bertz CT molecular complexity index is 1280. The molecular weight excluding hydrogens is 441 g/mol. The number of carbonyl (C=O) groups excluding carboxylic acids is 2. The molecule has 2 amide bonds. The quantitative estimate of drug-likeness (QED) is 0.556. The SMILES string of the molecule is [B]NC1CN(c2nc3cc([C@@H]4CCCCN4C(=O)c4cc(C)ccc4NC(C)=O)nn3cc2C)C1. The van der Waals surface area contributed by atoms with E-state index in [1.165, 1.54) is 6.92 Å². The van der Waals surface area contributed by atoms with Crippen LogP contribution in [0.15, 0.2) is 30.5 Å². The number of fused-ring (bicyclic) bond motifs is 1. The van der Waals surface area contributed by atoms with Crippen LogP contribution in [0.2, 0.25) is 0 Å². The molecule has 2 aromatic heterocycles. The van der Waals surface area contributed by atoms with Crippen molar-refractivity contribution in [2.24, 2.45) is 0 Å². The Kier molecular flexibility index (Phi) is 6.23. The van der Waals surface area contributed by atoms with Crippen molar-refractivity contribution in [3.8, 4) is 0 Å². The van der Waals surface area contributed by atoms with Crippen molar-refractivity contribution in [2.75, 3.05) is 29.9 Å². The molecule has 2 radical (unpaired) electrons. The fourth-order valence-corrected chi connectivity index (χ4v) is 5.03. The summed E-state index contributed by atoms with van der Waals surface area (Å²) in [6.45, 7) is 7.71. The average molecular weight is 471 g/mol. The lowest BCUT2D eigenvalue weighted by Gasteiger charge is -2.40. The number of carbonyl (C=O) groups is 2. The number of hydrogen-bond acceptors (Lipinski definition) is 6. The maximum Gasteiger partial charge on any atom is 0.256 e. The van der Waals surface area contributed by atoms with Gasteiger partial charge in [0, 0.05) is 50.4 Å². The van der Waals surface area contributed by atoms with Gasteiger partial charge in [0.1, 0.15) is 5.82 Å². The molecule has 2 aliphatic rings. The highest BCUT2D eigenvalue weighted by Crippen LogP contribution is 2.34. The molecule has 35 heavy (non-hydrogen) atoms. The fourth-order valence-electron chi connectivity index (χ4n) is 5.03. The van der Waals surface area contributed by atoms with Crippen LogP contribution in [0.25, 0.3) is 5.65 Å². The number of anilines is 2. The van der Waals surface area contributed by atoms with E-state index < -0.39 is 0 Å². The van der Waals surface area contributed by atoms with E-state index in [0.29, 0.717) is 17.8 Å². The van der Waals surface area contributed by atoms with Gasteiger partial charge in [-0.15, -0.1) is 0 Å². The maximum absolute atomic E-state index is 13.8. The van der Waals surface area contributed by atoms with E-state index in [1.807, 2.05) is 43.1 Å². The Labute approximate surface area is 206 Å². The van der Waals surface area contributed by atoms with Crippen LogP contribution in [0.1, 0.15) is 59.4 Å². The number of benzene rings is 1. The second-order valence-corrected chi connectivity index (χ2v) is 9.63. The lowest BCUT2D eigenvalue weighted by atomic mass is 9.97. The van der Waals surface area contributed by atoms with Gasteiger partial charge in [-0.1, -0.05) is 11.6 Å². The molecule has 9 nitrogen and oxygen atoms in total. The fraction of sp³-hybridized carbons (Fsp3) is 0.440. The standard InChI is InChI=1S/C25H30BN7O2/c1-15-7-8-20(27-17(3)34)19(10-15)25(35)32-9-5-4-6-22(32)21-11-23-28-24(16(2)12-33(23)30-21)31-13-18(14-31)29-26/h7-8,10-12,18,22,29H,4-6,9,13-14H2,1-3H3,(H,27,34)/t22-/m0/s1. The minimum atomic E-state index is -0.202. The van der Waals surface area contributed by atoms with E-state index in [2.05, 4.69) is 15.4 Å². The summed E-state index contributed by atoms with van der Waals surface area (Å²) < 4.78 is 1.80. The van der Waals surface area contributed by atoms with Gasteiger partial charge in [0.15, 0.2) is 13.6 Å². The smallest absolute Gasteiger partial charge is 0.256 e. The van der Waals surface area contributed by atoms with E-state index in [1.54, 1.807) is 10.6 Å². The van der Waals surface area contributed by atoms with Gasteiger partial charge in [-0.2, -0.15) is 5.10 Å². The van der Waals surface area contributed by atoms with E-state index in [-0.39, 0.29) is 23.9 Å². The molecule has 1 atom stereocenters. The number of likely N-dealkylation sites (tertiary alicyclic amines) is 1. The molecule has 2 fully saturated rings.